The molecule has 0 heterocycles. The van der Waals surface area contributed by atoms with Crippen LogP contribution in [-0.2, 0) is 0 Å². The Kier molecular flexibility index (Phi) is 2.41. The second kappa shape index (κ2) is 3.91. The molecule has 0 aliphatic heterocycles. The summed E-state index contributed by atoms with van der Waals surface area (Å²) >= 11 is 3.72. The molecule has 2 aliphatic carbocycles. The summed E-state index contributed by atoms with van der Waals surface area (Å²) in [4.78, 5) is 0.310. The summed E-state index contributed by atoms with van der Waals surface area (Å²) in [6.07, 6.45) is 12.9. The lowest BCUT2D eigenvalue weighted by atomic mass is 9.96. The molecule has 0 amide bonds. The van der Waals surface area contributed by atoms with Gasteiger partial charge in [-0.25, -0.2) is 0 Å². The van der Waals surface area contributed by atoms with Gasteiger partial charge in [-0.15, -0.1) is 0 Å². The number of hydrogen-bond acceptors (Lipinski definition) is 0. The molecule has 0 bridgehead atoms. The van der Waals surface area contributed by atoms with Gasteiger partial charge >= 0.3 is 0 Å². The molecule has 78 valence electrons. The van der Waals surface area contributed by atoms with Gasteiger partial charge in [-0.2, -0.15) is 0 Å². The largest absolute Gasteiger partial charge is 0.0792 e. The molecule has 0 radical (unpaired) electrons. The number of alkyl halides is 1. The minimum Gasteiger partial charge on any atom is -0.0792 e. The predicted molar refractivity (Wildman–Crippen MR) is 72.6 cm³/mol. The first-order valence-corrected chi connectivity index (χ1v) is 6.28. The molecule has 0 spiro atoms. The molecule has 0 saturated carbocycles. The quantitative estimate of drug-likeness (QED) is 0.636. The highest BCUT2D eigenvalue weighted by atomic mass is 79.9. The van der Waals surface area contributed by atoms with Crippen LogP contribution < -0.4 is 10.4 Å². The Bertz CT molecular complexity index is 630. The molecule has 16 heavy (non-hydrogen) atoms. The number of allylic oxidation sites excluding steroid dienone is 6. The highest BCUT2D eigenvalue weighted by Gasteiger charge is 2.15. The van der Waals surface area contributed by atoms with Crippen LogP contribution >= 0.6 is 15.9 Å². The van der Waals surface area contributed by atoms with E-state index >= 15 is 0 Å². The smallest absolute Gasteiger partial charge is 0.0590 e. The zero-order chi connectivity index (χ0) is 11.0. The van der Waals surface area contributed by atoms with Crippen molar-refractivity contribution < 1.29 is 0 Å². The van der Waals surface area contributed by atoms with Gasteiger partial charge in [0.05, 0.1) is 4.83 Å². The first-order chi connectivity index (χ1) is 7.86. The summed E-state index contributed by atoms with van der Waals surface area (Å²) in [5.41, 5.74) is 2.66. The van der Waals surface area contributed by atoms with Crippen LogP contribution in [0.15, 0.2) is 60.2 Å². The van der Waals surface area contributed by atoms with Crippen molar-refractivity contribution in [3.8, 4) is 0 Å². The average Bonchev–Trinajstić information content (AvgIpc) is 2.49. The molecular formula is C15H11Br. The van der Waals surface area contributed by atoms with Crippen molar-refractivity contribution in [2.75, 3.05) is 0 Å². The summed E-state index contributed by atoms with van der Waals surface area (Å²) in [6, 6.07) is 8.53. The van der Waals surface area contributed by atoms with Gasteiger partial charge in [-0.3, -0.25) is 0 Å². The lowest BCUT2D eigenvalue weighted by molar-refractivity contribution is 1.35. The number of rotatable bonds is 0. The first-order valence-electron chi connectivity index (χ1n) is 5.37. The van der Waals surface area contributed by atoms with Crippen molar-refractivity contribution in [3.05, 3.63) is 70.7 Å². The molecule has 3 rings (SSSR count). The molecule has 1 aromatic rings. The summed E-state index contributed by atoms with van der Waals surface area (Å²) in [7, 11) is 0. The van der Waals surface area contributed by atoms with E-state index in [-0.39, 0.29) is 0 Å². The van der Waals surface area contributed by atoms with Gasteiger partial charge in [-0.1, -0.05) is 76.7 Å². The van der Waals surface area contributed by atoms with E-state index in [1.54, 1.807) is 0 Å². The molecule has 1 atom stereocenters. The molecule has 0 nitrogen and oxygen atoms in total. The van der Waals surface area contributed by atoms with E-state index < -0.39 is 0 Å². The minimum absolute atomic E-state index is 0.310. The predicted octanol–water partition coefficient (Wildman–Crippen LogP) is 2.45. The van der Waals surface area contributed by atoms with Crippen molar-refractivity contribution in [3.63, 3.8) is 0 Å². The Balaban J connectivity index is 2.46. The fourth-order valence-electron chi connectivity index (χ4n) is 2.19. The van der Waals surface area contributed by atoms with Crippen LogP contribution in [0.1, 0.15) is 0 Å². The summed E-state index contributed by atoms with van der Waals surface area (Å²) < 4.78 is 0. The van der Waals surface area contributed by atoms with Crippen LogP contribution in [0, 0.1) is 0 Å². The fourth-order valence-corrected chi connectivity index (χ4v) is 2.88. The SMILES string of the molecule is BrC1C=CC=C2C=CC=c3ccccc3=C21. The van der Waals surface area contributed by atoms with E-state index in [9.17, 15) is 0 Å². The Labute approximate surface area is 103 Å². The van der Waals surface area contributed by atoms with Crippen LogP contribution in [0.5, 0.6) is 0 Å². The van der Waals surface area contributed by atoms with Gasteiger partial charge in [0, 0.05) is 0 Å². The molecule has 1 aromatic carbocycles. The topological polar surface area (TPSA) is 0 Å². The van der Waals surface area contributed by atoms with Crippen LogP contribution in [0.4, 0.5) is 0 Å². The monoisotopic (exact) mass is 270 g/mol. The van der Waals surface area contributed by atoms with Crippen LogP contribution in [0.25, 0.3) is 11.6 Å². The summed E-state index contributed by atoms with van der Waals surface area (Å²) in [5.74, 6) is 0. The average molecular weight is 271 g/mol. The normalized spacial score (nSPS) is 21.7. The van der Waals surface area contributed by atoms with Crippen molar-refractivity contribution >= 4 is 27.6 Å². The van der Waals surface area contributed by atoms with Crippen LogP contribution in [0.3, 0.4) is 0 Å². The zero-order valence-electron chi connectivity index (χ0n) is 8.73. The minimum atomic E-state index is 0.310. The summed E-state index contributed by atoms with van der Waals surface area (Å²) in [5, 5.41) is 2.61. The van der Waals surface area contributed by atoms with Crippen molar-refractivity contribution in [1.82, 2.24) is 0 Å². The third-order valence-corrected chi connectivity index (χ3v) is 3.71. The van der Waals surface area contributed by atoms with Crippen LogP contribution in [-0.4, -0.2) is 4.83 Å². The molecule has 1 heteroatoms. The zero-order valence-corrected chi connectivity index (χ0v) is 10.3. The van der Waals surface area contributed by atoms with Gasteiger partial charge in [0.1, 0.15) is 0 Å². The third-order valence-electron chi connectivity index (χ3n) is 2.95. The van der Waals surface area contributed by atoms with E-state index in [4.69, 9.17) is 0 Å². The molecule has 0 aromatic heterocycles. The Hall–Kier alpha value is -1.34. The molecule has 0 fully saturated rings. The molecule has 0 saturated heterocycles. The second-order valence-electron chi connectivity index (χ2n) is 3.94. The maximum atomic E-state index is 3.72. The molecular weight excluding hydrogens is 260 g/mol. The lowest BCUT2D eigenvalue weighted by Gasteiger charge is -2.15. The van der Waals surface area contributed by atoms with E-state index in [0.29, 0.717) is 4.83 Å². The lowest BCUT2D eigenvalue weighted by Crippen LogP contribution is -2.29. The van der Waals surface area contributed by atoms with Gasteiger partial charge in [0.15, 0.2) is 0 Å². The van der Waals surface area contributed by atoms with Crippen molar-refractivity contribution in [2.45, 2.75) is 4.83 Å². The Morgan fingerprint density at radius 1 is 1.00 bits per heavy atom. The molecule has 0 N–H and O–H groups in total. The Morgan fingerprint density at radius 2 is 1.88 bits per heavy atom. The first kappa shape index (κ1) is 9.86. The van der Waals surface area contributed by atoms with Gasteiger partial charge < -0.3 is 0 Å². The van der Waals surface area contributed by atoms with E-state index in [1.807, 2.05) is 0 Å². The van der Waals surface area contributed by atoms with E-state index in [0.717, 1.165) is 0 Å². The molecule has 2 aliphatic rings. The maximum Gasteiger partial charge on any atom is 0.0590 e. The number of halogens is 1. The summed E-state index contributed by atoms with van der Waals surface area (Å²) in [6.45, 7) is 0. The third kappa shape index (κ3) is 1.52. The highest BCUT2D eigenvalue weighted by Crippen LogP contribution is 2.27. The van der Waals surface area contributed by atoms with E-state index in [2.05, 4.69) is 76.7 Å². The standard InChI is InChI=1S/C15H11Br/c16-14-10-4-8-12-7-3-6-11-5-1-2-9-13(11)15(12)14/h1-10,14H. The van der Waals surface area contributed by atoms with Crippen molar-refractivity contribution in [2.24, 2.45) is 0 Å². The van der Waals surface area contributed by atoms with Crippen LogP contribution in [0.2, 0.25) is 0 Å². The number of fused-ring (bicyclic) bond motifs is 2. The van der Waals surface area contributed by atoms with Gasteiger partial charge in [-0.05, 0) is 21.6 Å². The van der Waals surface area contributed by atoms with Gasteiger partial charge in [0.25, 0.3) is 0 Å². The van der Waals surface area contributed by atoms with Crippen molar-refractivity contribution in [1.29, 1.82) is 0 Å². The number of benzene rings is 1. The van der Waals surface area contributed by atoms with E-state index in [1.165, 1.54) is 21.6 Å². The Morgan fingerprint density at radius 3 is 2.81 bits per heavy atom. The maximum absolute atomic E-state index is 3.72. The molecule has 1 unspecified atom stereocenters. The fraction of sp³-hybridized carbons (Fsp3) is 0.0667. The highest BCUT2D eigenvalue weighted by molar-refractivity contribution is 9.09. The number of hydrogen-bond donors (Lipinski definition) is 0. The second-order valence-corrected chi connectivity index (χ2v) is 4.92. The van der Waals surface area contributed by atoms with Gasteiger partial charge in [0.2, 0.25) is 0 Å².